The summed E-state index contributed by atoms with van der Waals surface area (Å²) < 4.78 is 0. The van der Waals surface area contributed by atoms with Crippen LogP contribution in [0.3, 0.4) is 0 Å². The van der Waals surface area contributed by atoms with Gasteiger partial charge in [-0.15, -0.1) is 11.3 Å². The SMILES string of the molecule is CC(C)C(C(N)=O)(c1ccccc1)c1nccs1. The average Bonchev–Trinajstić information content (AvgIpc) is 2.84. The Morgan fingerprint density at radius 2 is 2.00 bits per heavy atom. The molecule has 0 aliphatic heterocycles. The summed E-state index contributed by atoms with van der Waals surface area (Å²) in [6.07, 6.45) is 1.71. The molecule has 0 aliphatic carbocycles. The Balaban J connectivity index is 2.70. The van der Waals surface area contributed by atoms with Crippen molar-refractivity contribution in [1.82, 2.24) is 4.98 Å². The molecule has 0 bridgehead atoms. The van der Waals surface area contributed by atoms with Gasteiger partial charge in [-0.2, -0.15) is 0 Å². The molecule has 18 heavy (non-hydrogen) atoms. The van der Waals surface area contributed by atoms with Gasteiger partial charge in [-0.05, 0) is 11.5 Å². The second-order valence-corrected chi connectivity index (χ2v) is 5.42. The summed E-state index contributed by atoms with van der Waals surface area (Å²) in [6.45, 7) is 4.00. The molecule has 1 atom stereocenters. The Labute approximate surface area is 111 Å². The largest absolute Gasteiger partial charge is 0.369 e. The molecule has 1 aromatic heterocycles. The van der Waals surface area contributed by atoms with Crippen molar-refractivity contribution in [3.05, 3.63) is 52.5 Å². The highest BCUT2D eigenvalue weighted by atomic mass is 32.1. The number of nitrogens with two attached hydrogens (primary N) is 1. The van der Waals surface area contributed by atoms with Crippen LogP contribution in [0.1, 0.15) is 24.4 Å². The van der Waals surface area contributed by atoms with E-state index in [0.717, 1.165) is 10.6 Å². The third-order valence-electron chi connectivity index (χ3n) is 3.25. The second-order valence-electron chi connectivity index (χ2n) is 4.53. The minimum atomic E-state index is -0.838. The van der Waals surface area contributed by atoms with Crippen LogP contribution in [0.5, 0.6) is 0 Å². The van der Waals surface area contributed by atoms with Crippen LogP contribution >= 0.6 is 11.3 Å². The van der Waals surface area contributed by atoms with Crippen LogP contribution in [0.25, 0.3) is 0 Å². The molecular weight excluding hydrogens is 244 g/mol. The van der Waals surface area contributed by atoms with Gasteiger partial charge in [0, 0.05) is 11.6 Å². The topological polar surface area (TPSA) is 56.0 Å². The highest BCUT2D eigenvalue weighted by molar-refractivity contribution is 7.09. The van der Waals surface area contributed by atoms with Gasteiger partial charge in [-0.1, -0.05) is 44.2 Å². The number of primary amides is 1. The number of hydrogen-bond acceptors (Lipinski definition) is 3. The van der Waals surface area contributed by atoms with Gasteiger partial charge >= 0.3 is 0 Å². The zero-order valence-electron chi connectivity index (χ0n) is 10.5. The molecule has 1 unspecified atom stereocenters. The zero-order chi connectivity index (χ0) is 13.2. The van der Waals surface area contributed by atoms with E-state index >= 15 is 0 Å². The van der Waals surface area contributed by atoms with E-state index < -0.39 is 5.41 Å². The molecule has 0 aliphatic rings. The fourth-order valence-corrected chi connectivity index (χ4v) is 3.37. The molecule has 2 aromatic rings. The standard InChI is InChI=1S/C14H16N2OS/c1-10(2)14(12(15)17,13-16-8-9-18-13)11-6-4-3-5-7-11/h3-10H,1-2H3,(H2,15,17). The number of thiazole rings is 1. The minimum Gasteiger partial charge on any atom is -0.369 e. The van der Waals surface area contributed by atoms with Crippen molar-refractivity contribution < 1.29 is 4.79 Å². The van der Waals surface area contributed by atoms with E-state index in [2.05, 4.69) is 4.98 Å². The molecular formula is C14H16N2OS. The molecule has 2 N–H and O–H groups in total. The Kier molecular flexibility index (Phi) is 3.48. The first-order valence-electron chi connectivity index (χ1n) is 5.85. The molecule has 0 saturated carbocycles. The van der Waals surface area contributed by atoms with E-state index in [1.807, 2.05) is 49.6 Å². The Morgan fingerprint density at radius 3 is 2.44 bits per heavy atom. The number of hydrogen-bond donors (Lipinski definition) is 1. The molecule has 4 heteroatoms. The minimum absolute atomic E-state index is 0.0450. The van der Waals surface area contributed by atoms with Crippen molar-refractivity contribution in [3.8, 4) is 0 Å². The third kappa shape index (κ3) is 1.82. The lowest BCUT2D eigenvalue weighted by Crippen LogP contribution is -2.46. The highest BCUT2D eigenvalue weighted by Gasteiger charge is 2.45. The van der Waals surface area contributed by atoms with Crippen molar-refractivity contribution in [3.63, 3.8) is 0 Å². The van der Waals surface area contributed by atoms with Gasteiger partial charge in [0.1, 0.15) is 10.4 Å². The fraction of sp³-hybridized carbons (Fsp3) is 0.286. The first-order chi connectivity index (χ1) is 8.60. The molecule has 1 amide bonds. The lowest BCUT2D eigenvalue weighted by molar-refractivity contribution is -0.123. The van der Waals surface area contributed by atoms with Gasteiger partial charge in [0.05, 0.1) is 0 Å². The second kappa shape index (κ2) is 4.90. The summed E-state index contributed by atoms with van der Waals surface area (Å²) in [5.41, 5.74) is 5.79. The monoisotopic (exact) mass is 260 g/mol. The highest BCUT2D eigenvalue weighted by Crippen LogP contribution is 2.39. The Bertz CT molecular complexity index is 522. The van der Waals surface area contributed by atoms with Gasteiger partial charge in [-0.25, -0.2) is 4.98 Å². The van der Waals surface area contributed by atoms with Crippen molar-refractivity contribution in [2.75, 3.05) is 0 Å². The summed E-state index contributed by atoms with van der Waals surface area (Å²) >= 11 is 1.47. The van der Waals surface area contributed by atoms with E-state index in [1.165, 1.54) is 11.3 Å². The molecule has 0 fully saturated rings. The van der Waals surface area contributed by atoms with Gasteiger partial charge in [0.15, 0.2) is 0 Å². The summed E-state index contributed by atoms with van der Waals surface area (Å²) in [7, 11) is 0. The van der Waals surface area contributed by atoms with Crippen molar-refractivity contribution in [1.29, 1.82) is 0 Å². The van der Waals surface area contributed by atoms with E-state index in [9.17, 15) is 4.79 Å². The van der Waals surface area contributed by atoms with Crippen LogP contribution in [0.4, 0.5) is 0 Å². The van der Waals surface area contributed by atoms with Crippen LogP contribution in [0.15, 0.2) is 41.9 Å². The van der Waals surface area contributed by atoms with Crippen molar-refractivity contribution in [2.45, 2.75) is 19.3 Å². The predicted molar refractivity (Wildman–Crippen MR) is 73.4 cm³/mol. The predicted octanol–water partition coefficient (Wildman–Crippen LogP) is 2.57. The average molecular weight is 260 g/mol. The first-order valence-corrected chi connectivity index (χ1v) is 6.73. The number of benzene rings is 1. The number of carbonyl (C=O) groups is 1. The third-order valence-corrected chi connectivity index (χ3v) is 4.16. The van der Waals surface area contributed by atoms with E-state index in [-0.39, 0.29) is 11.8 Å². The summed E-state index contributed by atoms with van der Waals surface area (Å²) in [6, 6.07) is 9.64. The Morgan fingerprint density at radius 1 is 1.33 bits per heavy atom. The van der Waals surface area contributed by atoms with Gasteiger partial charge in [0.25, 0.3) is 0 Å². The maximum atomic E-state index is 12.2. The quantitative estimate of drug-likeness (QED) is 0.918. The Hall–Kier alpha value is -1.68. The molecule has 0 radical (unpaired) electrons. The number of amides is 1. The zero-order valence-corrected chi connectivity index (χ0v) is 11.3. The number of rotatable bonds is 4. The van der Waals surface area contributed by atoms with E-state index in [0.29, 0.717) is 0 Å². The first kappa shape index (κ1) is 12.8. The maximum Gasteiger partial charge on any atom is 0.235 e. The molecule has 3 nitrogen and oxygen atoms in total. The van der Waals surface area contributed by atoms with Crippen LogP contribution in [0.2, 0.25) is 0 Å². The number of nitrogens with zero attached hydrogens (tertiary/aromatic N) is 1. The molecule has 2 rings (SSSR count). The lowest BCUT2D eigenvalue weighted by Gasteiger charge is -2.33. The van der Waals surface area contributed by atoms with Crippen LogP contribution in [-0.2, 0) is 10.2 Å². The van der Waals surface area contributed by atoms with Crippen LogP contribution in [-0.4, -0.2) is 10.9 Å². The smallest absolute Gasteiger partial charge is 0.235 e. The van der Waals surface area contributed by atoms with Crippen LogP contribution in [0, 0.1) is 5.92 Å². The van der Waals surface area contributed by atoms with E-state index in [4.69, 9.17) is 5.73 Å². The van der Waals surface area contributed by atoms with Crippen molar-refractivity contribution >= 4 is 17.2 Å². The van der Waals surface area contributed by atoms with Gasteiger partial charge in [-0.3, -0.25) is 4.79 Å². The number of aromatic nitrogens is 1. The fourth-order valence-electron chi connectivity index (χ4n) is 2.36. The van der Waals surface area contributed by atoms with Crippen molar-refractivity contribution in [2.24, 2.45) is 11.7 Å². The van der Waals surface area contributed by atoms with Crippen LogP contribution < -0.4 is 5.73 Å². The number of carbonyl (C=O) groups excluding carboxylic acids is 1. The molecule has 0 saturated heterocycles. The maximum absolute atomic E-state index is 12.2. The molecule has 1 heterocycles. The van der Waals surface area contributed by atoms with E-state index in [1.54, 1.807) is 6.20 Å². The summed E-state index contributed by atoms with van der Waals surface area (Å²) in [4.78, 5) is 16.5. The lowest BCUT2D eigenvalue weighted by atomic mass is 9.71. The molecule has 1 aromatic carbocycles. The summed E-state index contributed by atoms with van der Waals surface area (Å²) in [5.74, 6) is -0.304. The van der Waals surface area contributed by atoms with Gasteiger partial charge in [0.2, 0.25) is 5.91 Å². The molecule has 94 valence electrons. The molecule has 0 spiro atoms. The normalized spacial score (nSPS) is 14.4. The summed E-state index contributed by atoms with van der Waals surface area (Å²) in [5, 5.41) is 2.63. The van der Waals surface area contributed by atoms with Gasteiger partial charge < -0.3 is 5.73 Å².